The molecule has 0 saturated carbocycles. The van der Waals surface area contributed by atoms with E-state index >= 15 is 0 Å². The Labute approximate surface area is 316 Å². The number of halogens is 2. The van der Waals surface area contributed by atoms with Crippen molar-refractivity contribution in [3.8, 4) is 17.0 Å². The summed E-state index contributed by atoms with van der Waals surface area (Å²) in [5.41, 5.74) is 9.67. The summed E-state index contributed by atoms with van der Waals surface area (Å²) < 4.78 is 35.8. The lowest BCUT2D eigenvalue weighted by Crippen LogP contribution is -2.44. The average molecular weight is 761 g/mol. The van der Waals surface area contributed by atoms with Gasteiger partial charge in [-0.1, -0.05) is 13.0 Å². The number of guanidine groups is 1. The van der Waals surface area contributed by atoms with Crippen molar-refractivity contribution in [2.75, 3.05) is 38.6 Å². The van der Waals surface area contributed by atoms with Crippen LogP contribution in [0.15, 0.2) is 65.7 Å². The van der Waals surface area contributed by atoms with E-state index in [2.05, 4.69) is 41.5 Å². The lowest BCUT2D eigenvalue weighted by atomic mass is 10.0. The van der Waals surface area contributed by atoms with Gasteiger partial charge in [-0.3, -0.25) is 18.8 Å². The largest absolute Gasteiger partial charge is 0.494 e. The van der Waals surface area contributed by atoms with E-state index in [1.54, 1.807) is 22.7 Å². The first-order chi connectivity index (χ1) is 26.6. The predicted octanol–water partition coefficient (Wildman–Crippen LogP) is 4.02. The van der Waals surface area contributed by atoms with Crippen LogP contribution in [0.5, 0.6) is 5.75 Å². The van der Waals surface area contributed by atoms with E-state index in [-0.39, 0.29) is 42.6 Å². The zero-order valence-corrected chi connectivity index (χ0v) is 30.8. The molecule has 2 heterocycles. The fourth-order valence-corrected chi connectivity index (χ4v) is 5.77. The quantitative estimate of drug-likeness (QED) is 0.0413. The topological polar surface area (TPSA) is 209 Å². The molecule has 2 amide bonds. The lowest BCUT2D eigenvalue weighted by Gasteiger charge is -2.17. The van der Waals surface area contributed by atoms with Crippen molar-refractivity contribution in [3.63, 3.8) is 0 Å². The number of nitrogens with one attached hydrogen (secondary N) is 5. The van der Waals surface area contributed by atoms with E-state index in [9.17, 15) is 23.2 Å². The number of benzene rings is 2. The van der Waals surface area contributed by atoms with Gasteiger partial charge in [0, 0.05) is 67.5 Å². The number of allylic oxidation sites excluding steroid dienone is 2. The third kappa shape index (κ3) is 10.5. The van der Waals surface area contributed by atoms with Crippen molar-refractivity contribution < 1.29 is 33.0 Å². The summed E-state index contributed by atoms with van der Waals surface area (Å²) in [6.45, 7) is 3.30. The molecule has 1 aliphatic rings. The lowest BCUT2D eigenvalue weighted by molar-refractivity contribution is -0.137. The van der Waals surface area contributed by atoms with Gasteiger partial charge in [-0.05, 0) is 74.4 Å². The van der Waals surface area contributed by atoms with Crippen LogP contribution in [-0.2, 0) is 16.0 Å². The number of hydrogen-bond acceptors (Lipinski definition) is 9. The van der Waals surface area contributed by atoms with E-state index in [0.717, 1.165) is 24.1 Å². The highest BCUT2D eigenvalue weighted by atomic mass is 19.2. The average Bonchev–Trinajstić information content (AvgIpc) is 3.60. The molecule has 1 atom stereocenters. The maximum absolute atomic E-state index is 14.9. The molecule has 1 aliphatic carbocycles. The zero-order chi connectivity index (χ0) is 39.3. The summed E-state index contributed by atoms with van der Waals surface area (Å²) in [6.07, 6.45) is 10.6. The molecule has 0 bridgehead atoms. The van der Waals surface area contributed by atoms with Crippen LogP contribution < -0.4 is 37.1 Å². The number of carboxylic acids is 1. The third-order valence-corrected chi connectivity index (χ3v) is 8.89. The van der Waals surface area contributed by atoms with E-state index in [0.29, 0.717) is 73.1 Å². The predicted molar refractivity (Wildman–Crippen MR) is 204 cm³/mol. The fraction of sp³-hybridized carbons (Fsp3) is 0.368. The number of nitrogens with zero attached hydrogens (tertiary/aromatic N) is 4. The van der Waals surface area contributed by atoms with E-state index in [4.69, 9.17) is 15.6 Å². The SMILES string of the molecule is CCc1cc(Nc2nccn3c(-c4ccc(OC)c(F)c4F)cnc23)ccc1C(=O)NCCNC(=O)[C@@H](N)CCCN/C(=N\C1=CCC1)NCCCC(=O)O. The van der Waals surface area contributed by atoms with Crippen molar-refractivity contribution in [2.24, 2.45) is 10.7 Å². The number of aryl methyl sites for hydroxylation is 1. The number of aliphatic imine (C=N–C) groups is 1. The van der Waals surface area contributed by atoms with Crippen molar-refractivity contribution in [1.29, 1.82) is 0 Å². The number of carbonyl (C=O) groups excluding carboxylic acids is 2. The standard InChI is InChI=1S/C38H46F2N10O5/c1-3-23-21-25(48-34-35-47-22-29(50(35)20-19-42-34)27-13-14-30(55-2)33(40)32(27)39)11-12-26(23)36(53)43-17-18-44-37(54)28(41)9-5-15-45-38(49-24-7-4-8-24)46-16-6-10-31(51)52/h7,11-14,19-22,28H,3-6,8-10,15-18,41H2,1-2H3,(H,42,48)(H,43,53)(H,44,54)(H,51,52)(H2,45,46,49)/t28-/m0/s1. The number of amides is 2. The summed E-state index contributed by atoms with van der Waals surface area (Å²) >= 11 is 0. The zero-order valence-electron chi connectivity index (χ0n) is 30.8. The molecule has 5 rings (SSSR count). The van der Waals surface area contributed by atoms with Crippen molar-refractivity contribution in [3.05, 3.63) is 83.5 Å². The minimum Gasteiger partial charge on any atom is -0.494 e. The Bertz CT molecular complexity index is 2070. The molecule has 15 nitrogen and oxygen atoms in total. The summed E-state index contributed by atoms with van der Waals surface area (Å²) in [4.78, 5) is 49.8. The van der Waals surface area contributed by atoms with Crippen LogP contribution in [0.3, 0.4) is 0 Å². The van der Waals surface area contributed by atoms with Gasteiger partial charge in [0.2, 0.25) is 11.7 Å². The number of imidazole rings is 1. The molecule has 0 saturated heterocycles. The van der Waals surface area contributed by atoms with E-state index in [1.807, 2.05) is 19.1 Å². The summed E-state index contributed by atoms with van der Waals surface area (Å²) in [7, 11) is 1.26. The van der Waals surface area contributed by atoms with Crippen LogP contribution >= 0.6 is 0 Å². The maximum Gasteiger partial charge on any atom is 0.303 e. The van der Waals surface area contributed by atoms with Gasteiger partial charge in [0.25, 0.3) is 5.91 Å². The number of nitrogens with two attached hydrogens (primary N) is 1. The van der Waals surface area contributed by atoms with Crippen LogP contribution in [0.4, 0.5) is 20.3 Å². The first-order valence-electron chi connectivity index (χ1n) is 18.1. The van der Waals surface area contributed by atoms with Gasteiger partial charge in [-0.15, -0.1) is 0 Å². The minimum atomic E-state index is -1.09. The number of carboxylic acid groups (broad SMARTS) is 1. The van der Waals surface area contributed by atoms with Gasteiger partial charge in [-0.25, -0.2) is 19.4 Å². The van der Waals surface area contributed by atoms with Crippen LogP contribution in [0.1, 0.15) is 61.4 Å². The second-order valence-corrected chi connectivity index (χ2v) is 12.7. The van der Waals surface area contributed by atoms with Crippen LogP contribution in [0.25, 0.3) is 16.9 Å². The Balaban J connectivity index is 1.08. The number of aliphatic carboxylic acids is 1. The Morgan fingerprint density at radius 2 is 1.78 bits per heavy atom. The molecule has 0 spiro atoms. The second kappa shape index (κ2) is 19.3. The molecule has 8 N–H and O–H groups in total. The van der Waals surface area contributed by atoms with Gasteiger partial charge in [0.05, 0.1) is 25.0 Å². The molecule has 0 fully saturated rings. The van der Waals surface area contributed by atoms with Gasteiger partial charge in [0.1, 0.15) is 0 Å². The number of hydrogen-bond donors (Lipinski definition) is 7. The van der Waals surface area contributed by atoms with Gasteiger partial charge in [0.15, 0.2) is 29.0 Å². The number of ether oxygens (including phenoxy) is 1. The third-order valence-electron chi connectivity index (χ3n) is 8.89. The molecule has 17 heteroatoms. The van der Waals surface area contributed by atoms with Crippen molar-refractivity contribution >= 4 is 40.9 Å². The number of aromatic nitrogens is 3. The number of methoxy groups -OCH3 is 1. The monoisotopic (exact) mass is 760 g/mol. The second-order valence-electron chi connectivity index (χ2n) is 12.7. The first-order valence-corrected chi connectivity index (χ1v) is 18.1. The van der Waals surface area contributed by atoms with E-state index in [1.165, 1.54) is 31.6 Å². The summed E-state index contributed by atoms with van der Waals surface area (Å²) in [5, 5.41) is 24.0. The number of carbonyl (C=O) groups is 3. The van der Waals surface area contributed by atoms with Crippen LogP contribution in [0, 0.1) is 11.6 Å². The Morgan fingerprint density at radius 1 is 1.02 bits per heavy atom. The maximum atomic E-state index is 14.9. The molecule has 0 aliphatic heterocycles. The summed E-state index contributed by atoms with van der Waals surface area (Å²) in [5.74, 6) is -2.88. The Hall–Kier alpha value is -6.10. The Kier molecular flexibility index (Phi) is 14.1. The molecule has 292 valence electrons. The molecule has 2 aromatic heterocycles. The molecular formula is C38H46F2N10O5. The smallest absolute Gasteiger partial charge is 0.303 e. The van der Waals surface area contributed by atoms with E-state index < -0.39 is 23.6 Å². The van der Waals surface area contributed by atoms with Gasteiger partial charge in [-0.2, -0.15) is 4.39 Å². The van der Waals surface area contributed by atoms with Gasteiger partial charge < -0.3 is 42.2 Å². The fourth-order valence-electron chi connectivity index (χ4n) is 5.77. The van der Waals surface area contributed by atoms with Crippen molar-refractivity contribution in [1.82, 2.24) is 35.6 Å². The first kappa shape index (κ1) is 40.1. The van der Waals surface area contributed by atoms with Gasteiger partial charge >= 0.3 is 5.97 Å². The summed E-state index contributed by atoms with van der Waals surface area (Å²) in [6, 6.07) is 7.29. The normalized spacial score (nSPS) is 13.0. The van der Waals surface area contributed by atoms with Crippen LogP contribution in [-0.4, -0.2) is 82.5 Å². The highest BCUT2D eigenvalue weighted by molar-refractivity contribution is 5.96. The minimum absolute atomic E-state index is 0.0115. The number of anilines is 2. The highest BCUT2D eigenvalue weighted by Gasteiger charge is 2.20. The molecule has 55 heavy (non-hydrogen) atoms. The Morgan fingerprint density at radius 3 is 2.49 bits per heavy atom. The molecule has 2 aromatic carbocycles. The molecule has 4 aromatic rings. The number of fused-ring (bicyclic) bond motifs is 1. The molecule has 0 radical (unpaired) electrons. The molecule has 0 unspecified atom stereocenters. The number of rotatable bonds is 19. The molecular weight excluding hydrogens is 714 g/mol. The van der Waals surface area contributed by atoms with Crippen molar-refractivity contribution in [2.45, 2.75) is 57.9 Å². The highest BCUT2D eigenvalue weighted by Crippen LogP contribution is 2.31. The van der Waals surface area contributed by atoms with Crippen LogP contribution in [0.2, 0.25) is 0 Å².